The number of benzene rings is 2. The predicted molar refractivity (Wildman–Crippen MR) is 70.6 cm³/mol. The van der Waals surface area contributed by atoms with E-state index in [-0.39, 0.29) is 11.6 Å². The maximum atomic E-state index is 12.9. The zero-order valence-electron chi connectivity index (χ0n) is 9.99. The molecule has 1 aromatic heterocycles. The van der Waals surface area contributed by atoms with Crippen LogP contribution >= 0.6 is 0 Å². The van der Waals surface area contributed by atoms with Crippen molar-refractivity contribution < 1.29 is 9.50 Å². The summed E-state index contributed by atoms with van der Waals surface area (Å²) in [6.45, 7) is 0. The van der Waals surface area contributed by atoms with Gasteiger partial charge in [0.2, 0.25) is 0 Å². The first kappa shape index (κ1) is 11.5. The first-order valence-corrected chi connectivity index (χ1v) is 5.83. The number of phenols is 1. The summed E-state index contributed by atoms with van der Waals surface area (Å²) in [6.07, 6.45) is 1.80. The molecule has 0 radical (unpaired) electrons. The van der Waals surface area contributed by atoms with Crippen molar-refractivity contribution in [3.8, 4) is 22.7 Å². The molecule has 19 heavy (non-hydrogen) atoms. The summed E-state index contributed by atoms with van der Waals surface area (Å²) in [4.78, 5) is 0. The van der Waals surface area contributed by atoms with Gasteiger partial charge >= 0.3 is 0 Å². The van der Waals surface area contributed by atoms with E-state index in [4.69, 9.17) is 0 Å². The number of phenolic OH excluding ortho intramolecular Hbond substituents is 1. The highest BCUT2D eigenvalue weighted by Gasteiger charge is 2.04. The van der Waals surface area contributed by atoms with Crippen molar-refractivity contribution in [3.63, 3.8) is 0 Å². The summed E-state index contributed by atoms with van der Waals surface area (Å²) < 4.78 is 14.5. The van der Waals surface area contributed by atoms with Crippen LogP contribution in [0.5, 0.6) is 5.75 Å². The van der Waals surface area contributed by atoms with Crippen LogP contribution in [0.25, 0.3) is 16.9 Å². The summed E-state index contributed by atoms with van der Waals surface area (Å²) in [5, 5.41) is 13.9. The lowest BCUT2D eigenvalue weighted by molar-refractivity contribution is 0.475. The molecular formula is C15H11FN2O. The molecule has 0 saturated heterocycles. The monoisotopic (exact) mass is 254 g/mol. The Morgan fingerprint density at radius 1 is 1.00 bits per heavy atom. The van der Waals surface area contributed by atoms with Crippen molar-refractivity contribution in [1.82, 2.24) is 9.78 Å². The van der Waals surface area contributed by atoms with E-state index in [0.717, 1.165) is 16.9 Å². The average molecular weight is 254 g/mol. The van der Waals surface area contributed by atoms with Gasteiger partial charge in [0.05, 0.1) is 11.4 Å². The van der Waals surface area contributed by atoms with Crippen LogP contribution in [0.4, 0.5) is 4.39 Å². The van der Waals surface area contributed by atoms with Crippen molar-refractivity contribution in [2.24, 2.45) is 0 Å². The van der Waals surface area contributed by atoms with Crippen LogP contribution < -0.4 is 0 Å². The smallest absolute Gasteiger partial charge is 0.123 e. The van der Waals surface area contributed by atoms with E-state index in [1.807, 2.05) is 12.1 Å². The summed E-state index contributed by atoms with van der Waals surface area (Å²) in [5.41, 5.74) is 2.37. The molecule has 3 nitrogen and oxygen atoms in total. The highest BCUT2D eigenvalue weighted by Crippen LogP contribution is 2.20. The van der Waals surface area contributed by atoms with Gasteiger partial charge in [-0.15, -0.1) is 0 Å². The summed E-state index contributed by atoms with van der Waals surface area (Å²) in [7, 11) is 0. The molecule has 0 amide bonds. The van der Waals surface area contributed by atoms with E-state index in [1.54, 1.807) is 41.2 Å². The molecule has 3 rings (SSSR count). The first-order valence-electron chi connectivity index (χ1n) is 5.83. The van der Waals surface area contributed by atoms with Gasteiger partial charge in [0.1, 0.15) is 11.6 Å². The molecule has 0 saturated carbocycles. The van der Waals surface area contributed by atoms with Gasteiger partial charge < -0.3 is 5.11 Å². The SMILES string of the molecule is Oc1cccc(-n2ccc(-c3ccc(F)cc3)n2)c1. The lowest BCUT2D eigenvalue weighted by atomic mass is 10.1. The molecule has 1 heterocycles. The molecule has 3 aromatic rings. The van der Waals surface area contributed by atoms with Gasteiger partial charge in [-0.2, -0.15) is 5.10 Å². The van der Waals surface area contributed by atoms with E-state index in [0.29, 0.717) is 0 Å². The number of hydrogen-bond acceptors (Lipinski definition) is 2. The van der Waals surface area contributed by atoms with Crippen LogP contribution in [0.2, 0.25) is 0 Å². The van der Waals surface area contributed by atoms with E-state index < -0.39 is 0 Å². The van der Waals surface area contributed by atoms with Crippen molar-refractivity contribution >= 4 is 0 Å². The van der Waals surface area contributed by atoms with Crippen LogP contribution in [0.3, 0.4) is 0 Å². The molecule has 0 atom stereocenters. The fourth-order valence-corrected chi connectivity index (χ4v) is 1.88. The Labute approximate surface area is 109 Å². The Bertz CT molecular complexity index is 704. The normalized spacial score (nSPS) is 10.6. The molecule has 0 unspecified atom stereocenters. The largest absolute Gasteiger partial charge is 0.508 e. The van der Waals surface area contributed by atoms with Gasteiger partial charge in [-0.3, -0.25) is 0 Å². The number of nitrogens with zero attached hydrogens (tertiary/aromatic N) is 2. The van der Waals surface area contributed by atoms with Crippen LogP contribution in [-0.2, 0) is 0 Å². The van der Waals surface area contributed by atoms with Gasteiger partial charge in [0, 0.05) is 17.8 Å². The Balaban J connectivity index is 1.97. The Kier molecular flexibility index (Phi) is 2.76. The highest BCUT2D eigenvalue weighted by molar-refractivity contribution is 5.58. The molecule has 2 aromatic carbocycles. The molecule has 0 spiro atoms. The Hall–Kier alpha value is -2.62. The third-order valence-corrected chi connectivity index (χ3v) is 2.82. The number of hydrogen-bond donors (Lipinski definition) is 1. The van der Waals surface area contributed by atoms with E-state index in [9.17, 15) is 9.50 Å². The lowest BCUT2D eigenvalue weighted by Gasteiger charge is -2.01. The summed E-state index contributed by atoms with van der Waals surface area (Å²) in [6, 6.07) is 14.9. The summed E-state index contributed by atoms with van der Waals surface area (Å²) >= 11 is 0. The zero-order chi connectivity index (χ0) is 13.2. The molecule has 94 valence electrons. The molecule has 0 fully saturated rings. The van der Waals surface area contributed by atoms with E-state index in [1.165, 1.54) is 12.1 Å². The maximum Gasteiger partial charge on any atom is 0.123 e. The van der Waals surface area contributed by atoms with Crippen LogP contribution in [0.1, 0.15) is 0 Å². The standard InChI is InChI=1S/C15H11FN2O/c16-12-6-4-11(5-7-12)15-8-9-18(17-15)13-2-1-3-14(19)10-13/h1-10,19H. The van der Waals surface area contributed by atoms with Gasteiger partial charge in [-0.25, -0.2) is 9.07 Å². The lowest BCUT2D eigenvalue weighted by Crippen LogP contribution is -1.94. The minimum atomic E-state index is -0.267. The number of rotatable bonds is 2. The van der Waals surface area contributed by atoms with Gasteiger partial charge in [-0.1, -0.05) is 6.07 Å². The molecule has 4 heteroatoms. The van der Waals surface area contributed by atoms with Crippen molar-refractivity contribution in [2.45, 2.75) is 0 Å². The van der Waals surface area contributed by atoms with Gasteiger partial charge in [0.25, 0.3) is 0 Å². The molecular weight excluding hydrogens is 243 g/mol. The van der Waals surface area contributed by atoms with Crippen LogP contribution in [-0.4, -0.2) is 14.9 Å². The number of aromatic nitrogens is 2. The predicted octanol–water partition coefficient (Wildman–Crippen LogP) is 3.38. The highest BCUT2D eigenvalue weighted by atomic mass is 19.1. The zero-order valence-corrected chi connectivity index (χ0v) is 9.99. The third-order valence-electron chi connectivity index (χ3n) is 2.82. The Morgan fingerprint density at radius 2 is 1.79 bits per heavy atom. The second-order valence-electron chi connectivity index (χ2n) is 4.17. The van der Waals surface area contributed by atoms with E-state index in [2.05, 4.69) is 5.10 Å². The number of halogens is 1. The first-order chi connectivity index (χ1) is 9.22. The van der Waals surface area contributed by atoms with Crippen LogP contribution in [0.15, 0.2) is 60.8 Å². The third kappa shape index (κ3) is 2.33. The fraction of sp³-hybridized carbons (Fsp3) is 0. The van der Waals surface area contributed by atoms with E-state index >= 15 is 0 Å². The van der Waals surface area contributed by atoms with Crippen LogP contribution in [0, 0.1) is 5.82 Å². The summed E-state index contributed by atoms with van der Waals surface area (Å²) in [5.74, 6) is -0.0764. The minimum absolute atomic E-state index is 0.191. The second kappa shape index (κ2) is 4.57. The maximum absolute atomic E-state index is 12.9. The molecule has 0 aliphatic heterocycles. The average Bonchev–Trinajstić information content (AvgIpc) is 2.89. The van der Waals surface area contributed by atoms with Crippen molar-refractivity contribution in [1.29, 1.82) is 0 Å². The molecule has 0 aliphatic rings. The van der Waals surface area contributed by atoms with Gasteiger partial charge in [-0.05, 0) is 42.5 Å². The Morgan fingerprint density at radius 3 is 2.53 bits per heavy atom. The fourth-order valence-electron chi connectivity index (χ4n) is 1.88. The van der Waals surface area contributed by atoms with Gasteiger partial charge in [0.15, 0.2) is 0 Å². The quantitative estimate of drug-likeness (QED) is 0.761. The molecule has 0 bridgehead atoms. The second-order valence-corrected chi connectivity index (χ2v) is 4.17. The molecule has 0 aliphatic carbocycles. The van der Waals surface area contributed by atoms with Crippen molar-refractivity contribution in [2.75, 3.05) is 0 Å². The minimum Gasteiger partial charge on any atom is -0.508 e. The number of aromatic hydroxyl groups is 1. The topological polar surface area (TPSA) is 38.0 Å². The molecule has 1 N–H and O–H groups in total. The van der Waals surface area contributed by atoms with Crippen molar-refractivity contribution in [3.05, 3.63) is 66.6 Å².